The number of anilines is 1. The minimum Gasteiger partial charge on any atom is -0.358 e. The molecule has 0 aromatic carbocycles. The van der Waals surface area contributed by atoms with E-state index in [1.54, 1.807) is 18.5 Å². The summed E-state index contributed by atoms with van der Waals surface area (Å²) in [7, 11) is 1.79. The van der Waals surface area contributed by atoms with Crippen molar-refractivity contribution in [2.45, 2.75) is 27.7 Å². The first-order valence-corrected chi connectivity index (χ1v) is 6.36. The summed E-state index contributed by atoms with van der Waals surface area (Å²) in [6, 6.07) is 0. The molecule has 1 heterocycles. The van der Waals surface area contributed by atoms with Gasteiger partial charge in [-0.15, -0.1) is 0 Å². The predicted molar refractivity (Wildman–Crippen MR) is 75.3 cm³/mol. The Kier molecular flexibility index (Phi) is 4.52. The Bertz CT molecular complexity index is 467. The van der Waals surface area contributed by atoms with E-state index in [9.17, 15) is 10.1 Å². The van der Waals surface area contributed by atoms with Crippen molar-refractivity contribution in [1.82, 2.24) is 9.55 Å². The number of nitrogens with two attached hydrogens (primary N) is 1. The lowest BCUT2D eigenvalue weighted by Crippen LogP contribution is -2.39. The highest BCUT2D eigenvalue weighted by Gasteiger charge is 2.30. The van der Waals surface area contributed by atoms with Crippen LogP contribution in [0, 0.1) is 22.5 Å². The third-order valence-electron chi connectivity index (χ3n) is 3.30. The van der Waals surface area contributed by atoms with E-state index in [1.165, 1.54) is 0 Å². The highest BCUT2D eigenvalue weighted by molar-refractivity contribution is 5.56. The molecule has 0 unspecified atom stereocenters. The molecule has 1 aromatic rings. The smallest absolute Gasteiger partial charge is 0.358 e. The lowest BCUT2D eigenvalue weighted by molar-refractivity contribution is -0.388. The minimum atomic E-state index is -0.430. The fraction of sp³-hybridized carbons (Fsp3) is 0.750. The van der Waals surface area contributed by atoms with Gasteiger partial charge in [0.15, 0.2) is 0 Å². The van der Waals surface area contributed by atoms with E-state index in [-0.39, 0.29) is 11.2 Å². The summed E-state index contributed by atoms with van der Waals surface area (Å²) in [4.78, 5) is 16.7. The molecule has 19 heavy (non-hydrogen) atoms. The van der Waals surface area contributed by atoms with E-state index in [2.05, 4.69) is 4.98 Å². The van der Waals surface area contributed by atoms with Crippen molar-refractivity contribution < 1.29 is 4.92 Å². The van der Waals surface area contributed by atoms with Crippen LogP contribution in [0.5, 0.6) is 0 Å². The van der Waals surface area contributed by atoms with Gasteiger partial charge in [0.25, 0.3) is 0 Å². The standard InChI is InChI=1S/C12H23N5O2/c1-6-16(8-12(3,4)7-13)11-10(17(18)19)14-9(2)15(11)5/h6-8,13H2,1-5H3. The minimum absolute atomic E-state index is 0.0883. The molecule has 0 radical (unpaired) electrons. The second-order valence-corrected chi connectivity index (χ2v) is 5.50. The number of aromatic nitrogens is 2. The van der Waals surface area contributed by atoms with Gasteiger partial charge >= 0.3 is 5.82 Å². The molecular formula is C12H23N5O2. The maximum atomic E-state index is 11.1. The molecule has 0 aliphatic heterocycles. The zero-order valence-electron chi connectivity index (χ0n) is 12.3. The summed E-state index contributed by atoms with van der Waals surface area (Å²) in [5.41, 5.74) is 5.64. The topological polar surface area (TPSA) is 90.2 Å². The Morgan fingerprint density at radius 3 is 2.53 bits per heavy atom. The fourth-order valence-corrected chi connectivity index (χ4v) is 1.98. The van der Waals surface area contributed by atoms with E-state index in [1.807, 2.05) is 25.7 Å². The van der Waals surface area contributed by atoms with Gasteiger partial charge in [-0.3, -0.25) is 4.57 Å². The normalized spacial score (nSPS) is 11.7. The summed E-state index contributed by atoms with van der Waals surface area (Å²) in [5, 5.41) is 11.1. The molecule has 0 amide bonds. The first-order valence-electron chi connectivity index (χ1n) is 6.36. The number of hydrogen-bond acceptors (Lipinski definition) is 5. The lowest BCUT2D eigenvalue weighted by Gasteiger charge is -2.31. The van der Waals surface area contributed by atoms with Crippen LogP contribution in [0.3, 0.4) is 0 Å². The quantitative estimate of drug-likeness (QED) is 0.623. The van der Waals surface area contributed by atoms with Crippen LogP contribution in [-0.2, 0) is 7.05 Å². The molecule has 7 nitrogen and oxygen atoms in total. The van der Waals surface area contributed by atoms with Crippen molar-refractivity contribution in [2.75, 3.05) is 24.5 Å². The monoisotopic (exact) mass is 269 g/mol. The Labute approximate surface area is 113 Å². The van der Waals surface area contributed by atoms with Crippen LogP contribution in [0.4, 0.5) is 11.6 Å². The Balaban J connectivity index is 3.21. The summed E-state index contributed by atoms with van der Waals surface area (Å²) in [6.07, 6.45) is 0. The van der Waals surface area contributed by atoms with Crippen molar-refractivity contribution in [1.29, 1.82) is 0 Å². The number of aryl methyl sites for hydroxylation is 1. The maximum Gasteiger partial charge on any atom is 0.406 e. The van der Waals surface area contributed by atoms with Gasteiger partial charge in [0.2, 0.25) is 11.6 Å². The summed E-state index contributed by atoms with van der Waals surface area (Å²) < 4.78 is 1.76. The highest BCUT2D eigenvalue weighted by atomic mass is 16.6. The molecule has 0 saturated carbocycles. The largest absolute Gasteiger partial charge is 0.406 e. The van der Waals surface area contributed by atoms with Crippen molar-refractivity contribution in [3.05, 3.63) is 15.9 Å². The molecule has 0 atom stereocenters. The molecule has 1 aromatic heterocycles. The van der Waals surface area contributed by atoms with Gasteiger partial charge in [-0.05, 0) is 28.8 Å². The number of imidazole rings is 1. The summed E-state index contributed by atoms with van der Waals surface area (Å²) in [6.45, 7) is 9.67. The van der Waals surface area contributed by atoms with Crippen LogP contribution >= 0.6 is 0 Å². The van der Waals surface area contributed by atoms with E-state index < -0.39 is 4.92 Å². The molecule has 1 rings (SSSR count). The molecule has 0 saturated heterocycles. The predicted octanol–water partition coefficient (Wildman–Crippen LogP) is 1.45. The van der Waals surface area contributed by atoms with E-state index >= 15 is 0 Å². The fourth-order valence-electron chi connectivity index (χ4n) is 1.98. The van der Waals surface area contributed by atoms with Crippen LogP contribution < -0.4 is 10.6 Å². The van der Waals surface area contributed by atoms with E-state index in [4.69, 9.17) is 5.73 Å². The highest BCUT2D eigenvalue weighted by Crippen LogP contribution is 2.30. The Morgan fingerprint density at radius 1 is 1.53 bits per heavy atom. The second-order valence-electron chi connectivity index (χ2n) is 5.50. The third-order valence-corrected chi connectivity index (χ3v) is 3.30. The van der Waals surface area contributed by atoms with Crippen LogP contribution in [0.25, 0.3) is 0 Å². The Hall–Kier alpha value is -1.63. The zero-order chi connectivity index (χ0) is 14.8. The SMILES string of the molecule is CCN(CC(C)(C)CN)c1c([N+](=O)[O-])nc(C)n1C. The number of nitrogens with zero attached hydrogens (tertiary/aromatic N) is 4. The third kappa shape index (κ3) is 3.23. The maximum absolute atomic E-state index is 11.1. The van der Waals surface area contributed by atoms with Crippen LogP contribution in [0.1, 0.15) is 26.6 Å². The van der Waals surface area contributed by atoms with Crippen molar-refractivity contribution in [3.63, 3.8) is 0 Å². The Morgan fingerprint density at radius 2 is 2.11 bits per heavy atom. The first-order chi connectivity index (χ1) is 8.73. The lowest BCUT2D eigenvalue weighted by atomic mass is 9.93. The van der Waals surface area contributed by atoms with E-state index in [0.717, 1.165) is 0 Å². The van der Waals surface area contributed by atoms with Gasteiger partial charge in [-0.25, -0.2) is 0 Å². The summed E-state index contributed by atoms with van der Waals surface area (Å²) in [5.74, 6) is 1.09. The first kappa shape index (κ1) is 15.4. The molecular weight excluding hydrogens is 246 g/mol. The molecule has 2 N–H and O–H groups in total. The number of hydrogen-bond donors (Lipinski definition) is 1. The van der Waals surface area contributed by atoms with Crippen molar-refractivity contribution in [2.24, 2.45) is 18.2 Å². The molecule has 0 aliphatic carbocycles. The molecule has 0 spiro atoms. The molecule has 108 valence electrons. The molecule has 0 fully saturated rings. The van der Waals surface area contributed by atoms with Crippen LogP contribution in [0.2, 0.25) is 0 Å². The number of rotatable bonds is 6. The average molecular weight is 269 g/mol. The van der Waals surface area contributed by atoms with Gasteiger partial charge < -0.3 is 20.7 Å². The second kappa shape index (κ2) is 5.56. The van der Waals surface area contributed by atoms with Crippen LogP contribution in [0.15, 0.2) is 0 Å². The zero-order valence-corrected chi connectivity index (χ0v) is 12.3. The van der Waals surface area contributed by atoms with Gasteiger partial charge in [-0.1, -0.05) is 13.8 Å². The van der Waals surface area contributed by atoms with E-state index in [0.29, 0.717) is 31.3 Å². The van der Waals surface area contributed by atoms with Gasteiger partial charge in [0.05, 0.1) is 0 Å². The molecule has 0 aliphatic rings. The van der Waals surface area contributed by atoms with Gasteiger partial charge in [0, 0.05) is 27.1 Å². The number of nitro groups is 1. The van der Waals surface area contributed by atoms with Crippen molar-refractivity contribution in [3.8, 4) is 0 Å². The van der Waals surface area contributed by atoms with Crippen molar-refractivity contribution >= 4 is 11.6 Å². The summed E-state index contributed by atoms with van der Waals surface area (Å²) >= 11 is 0. The van der Waals surface area contributed by atoms with Gasteiger partial charge in [0.1, 0.15) is 0 Å². The molecule has 7 heteroatoms. The van der Waals surface area contributed by atoms with Gasteiger partial charge in [-0.2, -0.15) is 0 Å². The van der Waals surface area contributed by atoms with Crippen LogP contribution in [-0.4, -0.2) is 34.1 Å². The molecule has 0 bridgehead atoms. The average Bonchev–Trinajstić information content (AvgIpc) is 2.63.